The first kappa shape index (κ1) is 12.6. The van der Waals surface area contributed by atoms with E-state index in [9.17, 15) is 4.79 Å². The van der Waals surface area contributed by atoms with Crippen LogP contribution in [0, 0.1) is 0 Å². The number of ketones is 1. The normalized spacial score (nSPS) is 10.8. The molecule has 0 bridgehead atoms. The Labute approximate surface area is 107 Å². The molecule has 3 heteroatoms. The fourth-order valence-electron chi connectivity index (χ4n) is 1.81. The first-order valence-electron chi connectivity index (χ1n) is 6.05. The van der Waals surface area contributed by atoms with Gasteiger partial charge in [0.15, 0.2) is 5.78 Å². The van der Waals surface area contributed by atoms with Crippen LogP contribution in [0.2, 0.25) is 0 Å². The van der Waals surface area contributed by atoms with Crippen LogP contribution in [0.1, 0.15) is 22.5 Å². The van der Waals surface area contributed by atoms with Crippen molar-refractivity contribution in [3.05, 3.63) is 60.1 Å². The van der Waals surface area contributed by atoms with Gasteiger partial charge in [0.05, 0.1) is 12.8 Å². The van der Waals surface area contributed by atoms with E-state index in [0.717, 1.165) is 24.4 Å². The van der Waals surface area contributed by atoms with E-state index in [-0.39, 0.29) is 5.78 Å². The number of rotatable bonds is 6. The molecule has 0 atom stereocenters. The van der Waals surface area contributed by atoms with Crippen LogP contribution in [0.3, 0.4) is 0 Å². The summed E-state index contributed by atoms with van der Waals surface area (Å²) in [5, 5.41) is 0. The van der Waals surface area contributed by atoms with Crippen LogP contribution in [0.4, 0.5) is 0 Å². The SMILES string of the molecule is CN(CCC(=O)c1ccccc1)Cc1ccco1. The van der Waals surface area contributed by atoms with Crippen LogP contribution in [-0.4, -0.2) is 24.3 Å². The largest absolute Gasteiger partial charge is 0.468 e. The maximum Gasteiger partial charge on any atom is 0.164 e. The Kier molecular flexibility index (Phi) is 4.31. The summed E-state index contributed by atoms with van der Waals surface area (Å²) in [6.45, 7) is 1.46. The lowest BCUT2D eigenvalue weighted by molar-refractivity contribution is 0.0966. The van der Waals surface area contributed by atoms with Crippen molar-refractivity contribution < 1.29 is 9.21 Å². The zero-order valence-electron chi connectivity index (χ0n) is 10.5. The molecule has 3 nitrogen and oxygen atoms in total. The number of hydrogen-bond donors (Lipinski definition) is 0. The summed E-state index contributed by atoms with van der Waals surface area (Å²) in [4.78, 5) is 14.0. The molecule has 0 radical (unpaired) electrons. The molecule has 0 unspecified atom stereocenters. The van der Waals surface area contributed by atoms with Crippen molar-refractivity contribution in [1.29, 1.82) is 0 Å². The zero-order valence-corrected chi connectivity index (χ0v) is 10.5. The van der Waals surface area contributed by atoms with Crippen molar-refractivity contribution >= 4 is 5.78 Å². The van der Waals surface area contributed by atoms with Gasteiger partial charge < -0.3 is 4.42 Å². The molecular weight excluding hydrogens is 226 g/mol. The molecule has 0 saturated heterocycles. The molecule has 0 aliphatic heterocycles. The summed E-state index contributed by atoms with van der Waals surface area (Å²) in [5.41, 5.74) is 0.781. The highest BCUT2D eigenvalue weighted by atomic mass is 16.3. The summed E-state index contributed by atoms with van der Waals surface area (Å²) in [6.07, 6.45) is 2.19. The van der Waals surface area contributed by atoms with Gasteiger partial charge in [-0.15, -0.1) is 0 Å². The summed E-state index contributed by atoms with van der Waals surface area (Å²) >= 11 is 0. The predicted molar refractivity (Wildman–Crippen MR) is 70.4 cm³/mol. The van der Waals surface area contributed by atoms with Gasteiger partial charge in [-0.1, -0.05) is 30.3 Å². The van der Waals surface area contributed by atoms with Gasteiger partial charge in [-0.2, -0.15) is 0 Å². The first-order valence-corrected chi connectivity index (χ1v) is 6.05. The Hall–Kier alpha value is -1.87. The van der Waals surface area contributed by atoms with Crippen LogP contribution < -0.4 is 0 Å². The summed E-state index contributed by atoms with van der Waals surface area (Å²) in [7, 11) is 1.99. The van der Waals surface area contributed by atoms with Gasteiger partial charge in [-0.3, -0.25) is 9.69 Å². The maximum absolute atomic E-state index is 11.9. The lowest BCUT2D eigenvalue weighted by atomic mass is 10.1. The van der Waals surface area contributed by atoms with E-state index >= 15 is 0 Å². The number of carbonyl (C=O) groups excluding carboxylic acids is 1. The Balaban J connectivity index is 1.79. The molecule has 18 heavy (non-hydrogen) atoms. The molecule has 1 heterocycles. The summed E-state index contributed by atoms with van der Waals surface area (Å²) < 4.78 is 5.27. The lowest BCUT2D eigenvalue weighted by Crippen LogP contribution is -2.21. The highest BCUT2D eigenvalue weighted by molar-refractivity contribution is 5.96. The van der Waals surface area contributed by atoms with E-state index in [1.54, 1.807) is 6.26 Å². The topological polar surface area (TPSA) is 33.5 Å². The van der Waals surface area contributed by atoms with E-state index in [1.165, 1.54) is 0 Å². The zero-order chi connectivity index (χ0) is 12.8. The van der Waals surface area contributed by atoms with Crippen LogP contribution >= 0.6 is 0 Å². The number of Topliss-reactive ketones (excluding diaryl/α,β-unsaturated/α-hetero) is 1. The quantitative estimate of drug-likeness (QED) is 0.731. The minimum absolute atomic E-state index is 0.182. The highest BCUT2D eigenvalue weighted by Crippen LogP contribution is 2.07. The molecular formula is C15H17NO2. The fourth-order valence-corrected chi connectivity index (χ4v) is 1.81. The fraction of sp³-hybridized carbons (Fsp3) is 0.267. The number of hydrogen-bond acceptors (Lipinski definition) is 3. The molecule has 0 saturated carbocycles. The van der Waals surface area contributed by atoms with Gasteiger partial charge >= 0.3 is 0 Å². The van der Waals surface area contributed by atoms with Gasteiger partial charge in [0, 0.05) is 18.5 Å². The van der Waals surface area contributed by atoms with Gasteiger partial charge in [0.25, 0.3) is 0 Å². The second kappa shape index (κ2) is 6.17. The monoisotopic (exact) mass is 243 g/mol. The number of carbonyl (C=O) groups is 1. The molecule has 0 aliphatic carbocycles. The highest BCUT2D eigenvalue weighted by Gasteiger charge is 2.08. The van der Waals surface area contributed by atoms with Crippen LogP contribution in [-0.2, 0) is 6.54 Å². The molecule has 1 aromatic carbocycles. The van der Waals surface area contributed by atoms with E-state index < -0.39 is 0 Å². The lowest BCUT2D eigenvalue weighted by Gasteiger charge is -2.14. The number of nitrogens with zero attached hydrogens (tertiary/aromatic N) is 1. The first-order chi connectivity index (χ1) is 8.75. The van der Waals surface area contributed by atoms with Gasteiger partial charge in [0.1, 0.15) is 5.76 Å². The third kappa shape index (κ3) is 3.57. The van der Waals surface area contributed by atoms with Gasteiger partial charge in [-0.25, -0.2) is 0 Å². The molecule has 0 fully saturated rings. The van der Waals surface area contributed by atoms with Gasteiger partial charge in [-0.05, 0) is 19.2 Å². The molecule has 0 spiro atoms. The number of benzene rings is 1. The molecule has 2 aromatic rings. The second-order valence-corrected chi connectivity index (χ2v) is 4.36. The average molecular weight is 243 g/mol. The maximum atomic E-state index is 11.9. The molecule has 0 aliphatic rings. The van der Waals surface area contributed by atoms with Crippen molar-refractivity contribution in [3.8, 4) is 0 Å². The standard InChI is InChI=1S/C15H17NO2/c1-16(12-14-8-5-11-18-14)10-9-15(17)13-6-3-2-4-7-13/h2-8,11H,9-10,12H2,1H3. The van der Waals surface area contributed by atoms with Crippen LogP contribution in [0.15, 0.2) is 53.1 Å². The number of furan rings is 1. The Bertz CT molecular complexity index is 476. The van der Waals surface area contributed by atoms with Crippen molar-refractivity contribution in [1.82, 2.24) is 4.90 Å². The molecule has 0 amide bonds. The smallest absolute Gasteiger partial charge is 0.164 e. The molecule has 94 valence electrons. The molecule has 0 N–H and O–H groups in total. The minimum atomic E-state index is 0.182. The Morgan fingerprint density at radius 1 is 1.17 bits per heavy atom. The summed E-state index contributed by atoms with van der Waals surface area (Å²) in [6, 6.07) is 13.2. The van der Waals surface area contributed by atoms with Crippen LogP contribution in [0.5, 0.6) is 0 Å². The molecule has 1 aromatic heterocycles. The third-order valence-electron chi connectivity index (χ3n) is 2.82. The summed E-state index contributed by atoms with van der Waals surface area (Å²) in [5.74, 6) is 1.10. The van der Waals surface area contributed by atoms with E-state index in [1.807, 2.05) is 49.5 Å². The van der Waals surface area contributed by atoms with E-state index in [4.69, 9.17) is 4.42 Å². The van der Waals surface area contributed by atoms with Crippen molar-refractivity contribution in [3.63, 3.8) is 0 Å². The molecule has 2 rings (SSSR count). The Morgan fingerprint density at radius 2 is 1.94 bits per heavy atom. The van der Waals surface area contributed by atoms with E-state index in [2.05, 4.69) is 4.90 Å². The van der Waals surface area contributed by atoms with Gasteiger partial charge in [0.2, 0.25) is 0 Å². The Morgan fingerprint density at radius 3 is 2.61 bits per heavy atom. The second-order valence-electron chi connectivity index (χ2n) is 4.36. The van der Waals surface area contributed by atoms with Crippen molar-refractivity contribution in [2.45, 2.75) is 13.0 Å². The van der Waals surface area contributed by atoms with Crippen LogP contribution in [0.25, 0.3) is 0 Å². The van der Waals surface area contributed by atoms with E-state index in [0.29, 0.717) is 6.42 Å². The van der Waals surface area contributed by atoms with Crippen molar-refractivity contribution in [2.24, 2.45) is 0 Å². The third-order valence-corrected chi connectivity index (χ3v) is 2.82. The predicted octanol–water partition coefficient (Wildman–Crippen LogP) is 2.98. The van der Waals surface area contributed by atoms with Crippen molar-refractivity contribution in [2.75, 3.05) is 13.6 Å². The average Bonchev–Trinajstić information content (AvgIpc) is 2.90. The minimum Gasteiger partial charge on any atom is -0.468 e.